The summed E-state index contributed by atoms with van der Waals surface area (Å²) in [5.74, 6) is -2.05. The summed E-state index contributed by atoms with van der Waals surface area (Å²) in [7, 11) is -1.91. The highest BCUT2D eigenvalue weighted by atomic mass is 31.1. The molecular formula is C17H25NO5P+. The Balaban J connectivity index is 2.85. The quantitative estimate of drug-likeness (QED) is 0.559. The normalized spacial score (nSPS) is 14.1. The molecule has 0 aromatic heterocycles. The molecule has 1 amide bonds. The summed E-state index contributed by atoms with van der Waals surface area (Å²) in [6.45, 7) is 3.76. The van der Waals surface area contributed by atoms with Gasteiger partial charge in [-0.25, -0.2) is 4.79 Å². The van der Waals surface area contributed by atoms with Crippen LogP contribution in [-0.4, -0.2) is 40.6 Å². The van der Waals surface area contributed by atoms with Gasteiger partial charge in [0, 0.05) is 0 Å². The van der Waals surface area contributed by atoms with E-state index in [9.17, 15) is 19.3 Å². The minimum absolute atomic E-state index is 0.0284. The predicted octanol–water partition coefficient (Wildman–Crippen LogP) is 2.24. The van der Waals surface area contributed by atoms with Gasteiger partial charge in [0.2, 0.25) is 12.3 Å². The summed E-state index contributed by atoms with van der Waals surface area (Å²) in [4.78, 5) is 23.8. The van der Waals surface area contributed by atoms with Crippen molar-refractivity contribution in [1.29, 1.82) is 0 Å². The van der Waals surface area contributed by atoms with Crippen LogP contribution in [0.1, 0.15) is 25.8 Å². The van der Waals surface area contributed by atoms with E-state index in [0.29, 0.717) is 12.8 Å². The Labute approximate surface area is 143 Å². The Hall–Kier alpha value is -1.78. The minimum Gasteiger partial charge on any atom is -0.480 e. The van der Waals surface area contributed by atoms with E-state index in [1.165, 1.54) is 0 Å². The Morgan fingerprint density at radius 2 is 1.83 bits per heavy atom. The molecule has 7 heteroatoms. The van der Waals surface area contributed by atoms with Crippen LogP contribution < -0.4 is 5.32 Å². The van der Waals surface area contributed by atoms with Gasteiger partial charge < -0.3 is 15.5 Å². The number of carboxylic acids is 1. The zero-order valence-corrected chi connectivity index (χ0v) is 14.9. The molecule has 0 aliphatic heterocycles. The molecule has 0 fully saturated rings. The number of carboxylic acid groups (broad SMARTS) is 1. The van der Waals surface area contributed by atoms with Gasteiger partial charge in [-0.15, -0.1) is 0 Å². The summed E-state index contributed by atoms with van der Waals surface area (Å²) >= 11 is 0. The summed E-state index contributed by atoms with van der Waals surface area (Å²) in [5, 5.41) is 20.8. The van der Waals surface area contributed by atoms with Gasteiger partial charge in [0.05, 0.1) is 5.92 Å². The molecule has 6 nitrogen and oxygen atoms in total. The third kappa shape index (κ3) is 7.20. The van der Waals surface area contributed by atoms with E-state index < -0.39 is 38.0 Å². The smallest absolute Gasteiger partial charge is 0.367 e. The Morgan fingerprint density at radius 1 is 1.21 bits per heavy atom. The number of aliphatic hydroxyl groups is 1. The molecule has 0 aliphatic rings. The van der Waals surface area contributed by atoms with Crippen LogP contribution in [-0.2, 0) is 20.6 Å². The molecular weight excluding hydrogens is 329 g/mol. The van der Waals surface area contributed by atoms with Gasteiger partial charge in [-0.1, -0.05) is 48.7 Å². The zero-order chi connectivity index (χ0) is 18.1. The number of nitrogens with one attached hydrogen (secondary N) is 1. The average Bonchev–Trinajstić information content (AvgIpc) is 2.53. The first-order valence-electron chi connectivity index (χ1n) is 7.93. The van der Waals surface area contributed by atoms with Crippen molar-refractivity contribution in [3.05, 3.63) is 35.9 Å². The predicted molar refractivity (Wildman–Crippen MR) is 92.2 cm³/mol. The van der Waals surface area contributed by atoms with E-state index in [1.807, 2.05) is 44.2 Å². The lowest BCUT2D eigenvalue weighted by Crippen LogP contribution is -2.45. The highest BCUT2D eigenvalue weighted by molar-refractivity contribution is 7.44. The van der Waals surface area contributed by atoms with Crippen molar-refractivity contribution in [1.82, 2.24) is 5.32 Å². The summed E-state index contributed by atoms with van der Waals surface area (Å²) in [5.41, 5.74) is 0.898. The maximum absolute atomic E-state index is 12.5. The van der Waals surface area contributed by atoms with Crippen LogP contribution in [0.25, 0.3) is 0 Å². The maximum atomic E-state index is 12.5. The fraction of sp³-hybridized carbons (Fsp3) is 0.529. The lowest BCUT2D eigenvalue weighted by molar-refractivity contribution is -0.142. The van der Waals surface area contributed by atoms with E-state index >= 15 is 0 Å². The molecule has 0 aliphatic carbocycles. The molecule has 1 aromatic carbocycles. The van der Waals surface area contributed by atoms with E-state index in [2.05, 4.69) is 5.32 Å². The van der Waals surface area contributed by atoms with Gasteiger partial charge in [-0.3, -0.25) is 4.79 Å². The molecule has 0 saturated heterocycles. The first-order chi connectivity index (χ1) is 11.3. The molecule has 24 heavy (non-hydrogen) atoms. The van der Waals surface area contributed by atoms with E-state index in [-0.39, 0.29) is 12.1 Å². The number of amides is 1. The Bertz CT molecular complexity index is 561. The average molecular weight is 354 g/mol. The molecule has 2 unspecified atom stereocenters. The fourth-order valence-corrected chi connectivity index (χ4v) is 3.33. The van der Waals surface area contributed by atoms with Gasteiger partial charge in [0.25, 0.3) is 0 Å². The van der Waals surface area contributed by atoms with Gasteiger partial charge in [0.15, 0.2) is 6.16 Å². The van der Waals surface area contributed by atoms with Gasteiger partial charge >= 0.3 is 13.8 Å². The number of carbonyl (C=O) groups excluding carboxylic acids is 1. The molecule has 1 aromatic rings. The van der Waals surface area contributed by atoms with E-state index in [0.717, 1.165) is 5.56 Å². The number of benzene rings is 1. The van der Waals surface area contributed by atoms with E-state index in [1.54, 1.807) is 0 Å². The molecule has 3 atom stereocenters. The highest BCUT2D eigenvalue weighted by Gasteiger charge is 2.31. The first-order valence-corrected chi connectivity index (χ1v) is 9.56. The van der Waals surface area contributed by atoms with Crippen LogP contribution in [0.3, 0.4) is 0 Å². The first kappa shape index (κ1) is 20.3. The van der Waals surface area contributed by atoms with Crippen molar-refractivity contribution >= 4 is 19.7 Å². The topological polar surface area (TPSA) is 104 Å². The lowest BCUT2D eigenvalue weighted by atomic mass is 9.98. The second kappa shape index (κ2) is 10.2. The van der Waals surface area contributed by atoms with Crippen molar-refractivity contribution in [2.24, 2.45) is 11.8 Å². The van der Waals surface area contributed by atoms with Crippen LogP contribution in [0.5, 0.6) is 0 Å². The largest absolute Gasteiger partial charge is 0.480 e. The number of aliphatic carboxylic acids is 1. The zero-order valence-electron chi connectivity index (χ0n) is 14.0. The van der Waals surface area contributed by atoms with Crippen molar-refractivity contribution in [2.45, 2.75) is 32.7 Å². The third-order valence-corrected chi connectivity index (χ3v) is 4.76. The van der Waals surface area contributed by atoms with Crippen molar-refractivity contribution < 1.29 is 24.4 Å². The molecule has 0 spiro atoms. The van der Waals surface area contributed by atoms with Crippen LogP contribution in [0.4, 0.5) is 0 Å². The molecule has 0 bridgehead atoms. The number of hydrogen-bond donors (Lipinski definition) is 3. The van der Waals surface area contributed by atoms with Gasteiger partial charge in [-0.05, 0) is 24.3 Å². The molecule has 3 N–H and O–H groups in total. The SMILES string of the molecule is CC(C)C[C@H](NC(=O)C(Cc1ccccc1)C[P+](=O)CO)C(=O)O. The summed E-state index contributed by atoms with van der Waals surface area (Å²) < 4.78 is 11.7. The van der Waals surface area contributed by atoms with Crippen molar-refractivity contribution in [3.8, 4) is 0 Å². The second-order valence-corrected chi connectivity index (χ2v) is 7.83. The van der Waals surface area contributed by atoms with Crippen LogP contribution in [0, 0.1) is 11.8 Å². The monoisotopic (exact) mass is 354 g/mol. The highest BCUT2D eigenvalue weighted by Crippen LogP contribution is 2.25. The van der Waals surface area contributed by atoms with Crippen LogP contribution >= 0.6 is 7.80 Å². The van der Waals surface area contributed by atoms with Gasteiger partial charge in [0.1, 0.15) is 6.04 Å². The Kier molecular flexibility index (Phi) is 8.58. The standard InChI is InChI=1S/C17H24NO5P/c1-12(2)8-15(17(21)22)18-16(20)14(10-24(23)11-19)9-13-6-4-3-5-7-13/h3-7,12,14-15,19H,8-11H2,1-2H3,(H-,18,20,21,22)/p+1/t14?,15-/m0/s1. The summed E-state index contributed by atoms with van der Waals surface area (Å²) in [6.07, 6.45) is 0.218. The van der Waals surface area contributed by atoms with Crippen molar-refractivity contribution in [2.75, 3.05) is 12.5 Å². The Morgan fingerprint density at radius 3 is 2.33 bits per heavy atom. The molecule has 1 rings (SSSR count). The number of carbonyl (C=O) groups is 2. The molecule has 0 saturated carbocycles. The molecule has 132 valence electrons. The minimum atomic E-state index is -1.91. The third-order valence-electron chi connectivity index (χ3n) is 3.60. The van der Waals surface area contributed by atoms with E-state index in [4.69, 9.17) is 5.11 Å². The molecule has 0 radical (unpaired) electrons. The number of rotatable bonds is 10. The molecule has 0 heterocycles. The van der Waals surface area contributed by atoms with Crippen molar-refractivity contribution in [3.63, 3.8) is 0 Å². The fourth-order valence-electron chi connectivity index (χ4n) is 2.42. The number of hydrogen-bond acceptors (Lipinski definition) is 4. The van der Waals surface area contributed by atoms with Gasteiger partial charge in [-0.2, -0.15) is 0 Å². The second-order valence-electron chi connectivity index (χ2n) is 6.22. The van der Waals surface area contributed by atoms with Crippen LogP contribution in [0.2, 0.25) is 0 Å². The lowest BCUT2D eigenvalue weighted by Gasteiger charge is -2.19. The summed E-state index contributed by atoms with van der Waals surface area (Å²) in [6, 6.07) is 8.28. The number of aliphatic hydroxyl groups excluding tert-OH is 1. The maximum Gasteiger partial charge on any atom is 0.367 e. The van der Waals surface area contributed by atoms with Crippen LogP contribution in [0.15, 0.2) is 30.3 Å².